The molecular weight excluding hydrogens is 238 g/mol. The Hall–Kier alpha value is -1.65. The van der Waals surface area contributed by atoms with Gasteiger partial charge < -0.3 is 15.5 Å². The van der Waals surface area contributed by atoms with Gasteiger partial charge in [0.25, 0.3) is 0 Å². The number of nitrogens with one attached hydrogen (secondary N) is 2. The number of carbonyl (C=O) groups excluding carboxylic acids is 1. The van der Waals surface area contributed by atoms with Crippen LogP contribution in [0.5, 0.6) is 0 Å². The first-order valence-corrected chi connectivity index (χ1v) is 6.45. The van der Waals surface area contributed by atoms with Crippen LogP contribution in [0, 0.1) is 0 Å². The highest BCUT2D eigenvalue weighted by Gasteiger charge is 2.14. The van der Waals surface area contributed by atoms with Crippen molar-refractivity contribution in [3.63, 3.8) is 0 Å². The van der Waals surface area contributed by atoms with Gasteiger partial charge in [0.15, 0.2) is 0 Å². The minimum Gasteiger partial charge on any atom is -0.353 e. The van der Waals surface area contributed by atoms with E-state index in [2.05, 4.69) is 34.2 Å². The summed E-state index contributed by atoms with van der Waals surface area (Å²) in [5.41, 5.74) is 1.20. The first-order valence-electron chi connectivity index (χ1n) is 6.45. The summed E-state index contributed by atoms with van der Waals surface area (Å²) in [7, 11) is 4.03. The highest BCUT2D eigenvalue weighted by molar-refractivity contribution is 5.78. The summed E-state index contributed by atoms with van der Waals surface area (Å²) >= 11 is 0. The van der Waals surface area contributed by atoms with Crippen LogP contribution in [-0.2, 0) is 4.79 Å². The Morgan fingerprint density at radius 1 is 1.37 bits per heavy atom. The summed E-state index contributed by atoms with van der Waals surface area (Å²) in [6.45, 7) is 5.16. The van der Waals surface area contributed by atoms with Crippen LogP contribution in [0.2, 0.25) is 0 Å². The molecule has 0 fully saturated rings. The zero-order valence-corrected chi connectivity index (χ0v) is 11.7. The maximum Gasteiger partial charge on any atom is 0.234 e. The van der Waals surface area contributed by atoms with Crippen molar-refractivity contribution in [2.24, 2.45) is 0 Å². The fourth-order valence-electron chi connectivity index (χ4n) is 1.83. The SMILES string of the molecule is C=CCNCC(=O)NCC(c1ccccc1)N(C)C. The van der Waals surface area contributed by atoms with Crippen molar-refractivity contribution in [3.05, 3.63) is 48.6 Å². The summed E-state index contributed by atoms with van der Waals surface area (Å²) in [6, 6.07) is 10.4. The van der Waals surface area contributed by atoms with E-state index in [-0.39, 0.29) is 11.9 Å². The third-order valence-electron chi connectivity index (χ3n) is 2.87. The van der Waals surface area contributed by atoms with Crippen LogP contribution >= 0.6 is 0 Å². The summed E-state index contributed by atoms with van der Waals surface area (Å²) in [5.74, 6) is 0.00429. The molecule has 1 aromatic carbocycles. The molecule has 4 heteroatoms. The molecule has 0 saturated heterocycles. The molecule has 1 aromatic rings. The van der Waals surface area contributed by atoms with Gasteiger partial charge in [0.05, 0.1) is 12.6 Å². The molecule has 4 nitrogen and oxygen atoms in total. The van der Waals surface area contributed by atoms with E-state index in [0.29, 0.717) is 19.6 Å². The zero-order valence-electron chi connectivity index (χ0n) is 11.7. The van der Waals surface area contributed by atoms with Gasteiger partial charge in [-0.25, -0.2) is 0 Å². The first kappa shape index (κ1) is 15.4. The Kier molecular flexibility index (Phi) is 6.85. The van der Waals surface area contributed by atoms with Gasteiger partial charge in [-0.1, -0.05) is 36.4 Å². The van der Waals surface area contributed by atoms with Gasteiger partial charge in [-0.05, 0) is 19.7 Å². The molecule has 0 heterocycles. The van der Waals surface area contributed by atoms with Crippen molar-refractivity contribution in [1.29, 1.82) is 0 Å². The zero-order chi connectivity index (χ0) is 14.1. The van der Waals surface area contributed by atoms with E-state index < -0.39 is 0 Å². The number of hydrogen-bond donors (Lipinski definition) is 2. The van der Waals surface area contributed by atoms with Crippen LogP contribution in [0.1, 0.15) is 11.6 Å². The second-order valence-corrected chi connectivity index (χ2v) is 4.61. The summed E-state index contributed by atoms with van der Waals surface area (Å²) in [6.07, 6.45) is 1.74. The molecule has 1 unspecified atom stereocenters. The third kappa shape index (κ3) is 5.68. The fourth-order valence-corrected chi connectivity index (χ4v) is 1.83. The maximum atomic E-state index is 11.6. The average Bonchev–Trinajstić information content (AvgIpc) is 2.40. The molecule has 1 atom stereocenters. The van der Waals surface area contributed by atoms with E-state index in [4.69, 9.17) is 0 Å². The summed E-state index contributed by atoms with van der Waals surface area (Å²) in [4.78, 5) is 13.8. The molecule has 1 rings (SSSR count). The lowest BCUT2D eigenvalue weighted by Crippen LogP contribution is -2.39. The molecule has 0 spiro atoms. The van der Waals surface area contributed by atoms with Crippen molar-refractivity contribution in [2.45, 2.75) is 6.04 Å². The van der Waals surface area contributed by atoms with E-state index >= 15 is 0 Å². The topological polar surface area (TPSA) is 44.4 Å². The molecule has 19 heavy (non-hydrogen) atoms. The third-order valence-corrected chi connectivity index (χ3v) is 2.87. The molecule has 0 aliphatic rings. The predicted octanol–water partition coefficient (Wildman–Crippen LogP) is 1.18. The lowest BCUT2D eigenvalue weighted by atomic mass is 10.1. The van der Waals surface area contributed by atoms with Gasteiger partial charge >= 0.3 is 0 Å². The van der Waals surface area contributed by atoms with E-state index in [1.807, 2.05) is 32.3 Å². The number of likely N-dealkylation sites (N-methyl/N-ethyl adjacent to an activating group) is 1. The number of amides is 1. The van der Waals surface area contributed by atoms with E-state index in [1.165, 1.54) is 5.56 Å². The number of nitrogens with zero attached hydrogens (tertiary/aromatic N) is 1. The van der Waals surface area contributed by atoms with Crippen LogP contribution in [0.3, 0.4) is 0 Å². The summed E-state index contributed by atoms with van der Waals surface area (Å²) < 4.78 is 0. The Labute approximate surface area is 115 Å². The smallest absolute Gasteiger partial charge is 0.234 e. The minimum absolute atomic E-state index is 0.00429. The predicted molar refractivity (Wildman–Crippen MR) is 78.9 cm³/mol. The molecule has 0 aliphatic carbocycles. The molecule has 0 radical (unpaired) electrons. The van der Waals surface area contributed by atoms with Gasteiger partial charge in [0, 0.05) is 13.1 Å². The lowest BCUT2D eigenvalue weighted by molar-refractivity contribution is -0.120. The van der Waals surface area contributed by atoms with Gasteiger partial charge in [-0.2, -0.15) is 0 Å². The molecular formula is C15H23N3O. The van der Waals surface area contributed by atoms with Gasteiger partial charge in [-0.15, -0.1) is 6.58 Å². The van der Waals surface area contributed by atoms with Crippen molar-refractivity contribution in [2.75, 3.05) is 33.7 Å². The largest absolute Gasteiger partial charge is 0.353 e. The number of benzene rings is 1. The molecule has 0 aliphatic heterocycles. The van der Waals surface area contributed by atoms with Crippen LogP contribution in [-0.4, -0.2) is 44.5 Å². The van der Waals surface area contributed by atoms with Crippen molar-refractivity contribution in [1.82, 2.24) is 15.5 Å². The monoisotopic (exact) mass is 261 g/mol. The second-order valence-electron chi connectivity index (χ2n) is 4.61. The van der Waals surface area contributed by atoms with Crippen LogP contribution in [0.4, 0.5) is 0 Å². The molecule has 0 aromatic heterocycles. The molecule has 0 saturated carbocycles. The van der Waals surface area contributed by atoms with Crippen LogP contribution in [0.15, 0.2) is 43.0 Å². The molecule has 104 valence electrons. The van der Waals surface area contributed by atoms with Gasteiger partial charge in [-0.3, -0.25) is 4.79 Å². The van der Waals surface area contributed by atoms with Crippen molar-refractivity contribution >= 4 is 5.91 Å². The number of rotatable bonds is 8. The average molecular weight is 261 g/mol. The maximum absolute atomic E-state index is 11.6. The van der Waals surface area contributed by atoms with E-state index in [0.717, 1.165) is 0 Å². The Morgan fingerprint density at radius 3 is 2.63 bits per heavy atom. The highest BCUT2D eigenvalue weighted by Crippen LogP contribution is 2.16. The van der Waals surface area contributed by atoms with Gasteiger partial charge in [0.1, 0.15) is 0 Å². The van der Waals surface area contributed by atoms with Crippen molar-refractivity contribution in [3.8, 4) is 0 Å². The fraction of sp³-hybridized carbons (Fsp3) is 0.400. The van der Waals surface area contributed by atoms with Crippen LogP contribution in [0.25, 0.3) is 0 Å². The Balaban J connectivity index is 2.47. The first-order chi connectivity index (χ1) is 9.15. The highest BCUT2D eigenvalue weighted by atomic mass is 16.1. The second kappa shape index (κ2) is 8.45. The Morgan fingerprint density at radius 2 is 2.05 bits per heavy atom. The van der Waals surface area contributed by atoms with Crippen LogP contribution < -0.4 is 10.6 Å². The van der Waals surface area contributed by atoms with Crippen molar-refractivity contribution < 1.29 is 4.79 Å². The van der Waals surface area contributed by atoms with Gasteiger partial charge in [0.2, 0.25) is 5.91 Å². The van der Waals surface area contributed by atoms with E-state index in [9.17, 15) is 4.79 Å². The Bertz CT molecular complexity index is 390. The molecule has 1 amide bonds. The molecule has 2 N–H and O–H groups in total. The number of carbonyl (C=O) groups is 1. The quantitative estimate of drug-likeness (QED) is 0.545. The molecule has 0 bridgehead atoms. The number of hydrogen-bond acceptors (Lipinski definition) is 3. The lowest BCUT2D eigenvalue weighted by Gasteiger charge is -2.25. The minimum atomic E-state index is 0.00429. The van der Waals surface area contributed by atoms with E-state index in [1.54, 1.807) is 6.08 Å². The standard InChI is InChI=1S/C15H23N3O/c1-4-10-16-12-15(19)17-11-14(18(2)3)13-8-6-5-7-9-13/h4-9,14,16H,1,10-12H2,2-3H3,(H,17,19). The summed E-state index contributed by atoms with van der Waals surface area (Å²) in [5, 5.41) is 5.93. The normalized spacial score (nSPS) is 12.2.